The van der Waals surface area contributed by atoms with Gasteiger partial charge >= 0.3 is 0 Å². The van der Waals surface area contributed by atoms with Gasteiger partial charge in [-0.3, -0.25) is 0 Å². The molecule has 0 N–H and O–H groups in total. The summed E-state index contributed by atoms with van der Waals surface area (Å²) in [5.74, 6) is 0.187. The van der Waals surface area contributed by atoms with Crippen LogP contribution in [-0.2, 0) is 10.2 Å². The topological polar surface area (TPSA) is 35.0 Å². The van der Waals surface area contributed by atoms with Crippen molar-refractivity contribution in [3.05, 3.63) is 47.4 Å². The second-order valence-corrected chi connectivity index (χ2v) is 7.55. The van der Waals surface area contributed by atoms with Crippen molar-refractivity contribution in [1.82, 2.24) is 10.2 Å². The van der Waals surface area contributed by atoms with Crippen LogP contribution in [0.15, 0.2) is 30.3 Å². The monoisotopic (exact) mass is 326 g/mol. The third kappa shape index (κ3) is 1.92. The molecule has 1 fully saturated rings. The molecule has 4 rings (SSSR count). The first-order valence-electron chi connectivity index (χ1n) is 8.72. The minimum atomic E-state index is -0.252. The lowest BCUT2D eigenvalue weighted by Gasteiger charge is -2.37. The van der Waals surface area contributed by atoms with Crippen LogP contribution in [0.5, 0.6) is 0 Å². The molecule has 1 heterocycles. The second kappa shape index (κ2) is 5.35. The number of nitrogens with zero attached hydrogens (tertiary/aromatic N) is 2. The Morgan fingerprint density at radius 1 is 1.25 bits per heavy atom. The molecule has 2 unspecified atom stereocenters. The molecule has 3 nitrogen and oxygen atoms in total. The summed E-state index contributed by atoms with van der Waals surface area (Å²) in [4.78, 5) is 0. The zero-order valence-electron chi connectivity index (χ0n) is 14.5. The van der Waals surface area contributed by atoms with Crippen molar-refractivity contribution in [3.8, 4) is 11.3 Å². The first kappa shape index (κ1) is 15.7. The Hall–Kier alpha value is -1.81. The Balaban J connectivity index is 1.83. The Bertz CT molecular complexity index is 789. The quantitative estimate of drug-likeness (QED) is 0.831. The molecule has 1 aromatic heterocycles. The molecule has 0 spiro atoms. The lowest BCUT2D eigenvalue weighted by Crippen LogP contribution is -2.40. The molecule has 4 heteroatoms. The third-order valence-corrected chi connectivity index (χ3v) is 6.32. The summed E-state index contributed by atoms with van der Waals surface area (Å²) >= 11 is 0. The lowest BCUT2D eigenvalue weighted by molar-refractivity contribution is 0.0465. The van der Waals surface area contributed by atoms with E-state index in [0.717, 1.165) is 18.5 Å². The van der Waals surface area contributed by atoms with Crippen molar-refractivity contribution in [3.63, 3.8) is 0 Å². The first-order valence-corrected chi connectivity index (χ1v) is 8.72. The highest BCUT2D eigenvalue weighted by Crippen LogP contribution is 2.67. The molecule has 24 heavy (non-hydrogen) atoms. The maximum atomic E-state index is 14.1. The van der Waals surface area contributed by atoms with Gasteiger partial charge in [-0.1, -0.05) is 26.0 Å². The predicted molar refractivity (Wildman–Crippen MR) is 91.4 cm³/mol. The Morgan fingerprint density at radius 3 is 2.79 bits per heavy atom. The maximum absolute atomic E-state index is 14.1. The number of benzene rings is 1. The van der Waals surface area contributed by atoms with E-state index in [4.69, 9.17) is 4.74 Å². The van der Waals surface area contributed by atoms with Crippen molar-refractivity contribution in [2.75, 3.05) is 13.2 Å². The number of fused-ring (bicyclic) bond motifs is 5. The van der Waals surface area contributed by atoms with Gasteiger partial charge in [0.2, 0.25) is 0 Å². The second-order valence-electron chi connectivity index (χ2n) is 7.55. The van der Waals surface area contributed by atoms with Gasteiger partial charge in [0.15, 0.2) is 0 Å². The van der Waals surface area contributed by atoms with Gasteiger partial charge in [-0.25, -0.2) is 4.39 Å². The highest BCUT2D eigenvalue weighted by Gasteiger charge is 2.63. The van der Waals surface area contributed by atoms with Gasteiger partial charge < -0.3 is 4.74 Å². The molecule has 2 aliphatic rings. The van der Waals surface area contributed by atoms with Gasteiger partial charge in [-0.05, 0) is 54.9 Å². The predicted octanol–water partition coefficient (Wildman–Crippen LogP) is 4.47. The minimum absolute atomic E-state index is 0.0657. The van der Waals surface area contributed by atoms with Crippen LogP contribution in [0.1, 0.15) is 50.8 Å². The summed E-state index contributed by atoms with van der Waals surface area (Å²) in [5, 5.41) is 8.96. The zero-order chi connectivity index (χ0) is 16.9. The number of hydrogen-bond acceptors (Lipinski definition) is 3. The average molecular weight is 326 g/mol. The summed E-state index contributed by atoms with van der Waals surface area (Å²) in [6.07, 6.45) is 2.22. The van der Waals surface area contributed by atoms with Crippen molar-refractivity contribution < 1.29 is 9.13 Å². The van der Waals surface area contributed by atoms with E-state index in [2.05, 4.69) is 30.1 Å². The van der Waals surface area contributed by atoms with Gasteiger partial charge in [0.1, 0.15) is 5.82 Å². The van der Waals surface area contributed by atoms with Crippen molar-refractivity contribution in [2.24, 2.45) is 5.41 Å². The van der Waals surface area contributed by atoms with E-state index in [9.17, 15) is 4.39 Å². The van der Waals surface area contributed by atoms with Crippen LogP contribution in [0, 0.1) is 11.2 Å². The van der Waals surface area contributed by atoms with Gasteiger partial charge in [-0.15, -0.1) is 0 Å². The SMILES string of the molecule is CCOCC12CCC(c3cc(-c4ccccc4F)nnc31)C2(C)C. The number of rotatable bonds is 4. The number of ether oxygens (including phenoxy) is 1. The molecule has 2 aromatic rings. The molecular formula is C20H23FN2O. The Kier molecular flexibility index (Phi) is 3.50. The largest absolute Gasteiger partial charge is 0.381 e. The number of aromatic nitrogens is 2. The maximum Gasteiger partial charge on any atom is 0.132 e. The highest BCUT2D eigenvalue weighted by molar-refractivity contribution is 5.62. The van der Waals surface area contributed by atoms with Gasteiger partial charge in [-0.2, -0.15) is 10.2 Å². The van der Waals surface area contributed by atoms with E-state index in [0.29, 0.717) is 30.4 Å². The van der Waals surface area contributed by atoms with Gasteiger partial charge in [0.25, 0.3) is 0 Å². The summed E-state index contributed by atoms with van der Waals surface area (Å²) < 4.78 is 20.0. The first-order chi connectivity index (χ1) is 11.5. The molecule has 1 aromatic carbocycles. The number of halogens is 1. The molecule has 0 aliphatic heterocycles. The van der Waals surface area contributed by atoms with E-state index in [1.54, 1.807) is 12.1 Å². The van der Waals surface area contributed by atoms with Crippen LogP contribution in [0.25, 0.3) is 11.3 Å². The summed E-state index contributed by atoms with van der Waals surface area (Å²) in [5.41, 5.74) is 3.47. The van der Waals surface area contributed by atoms with E-state index < -0.39 is 0 Å². The molecular weight excluding hydrogens is 303 g/mol. The molecule has 2 bridgehead atoms. The van der Waals surface area contributed by atoms with Crippen LogP contribution in [-0.4, -0.2) is 23.4 Å². The van der Waals surface area contributed by atoms with E-state index in [1.165, 1.54) is 11.6 Å². The molecule has 0 saturated heterocycles. The van der Waals surface area contributed by atoms with E-state index >= 15 is 0 Å². The standard InChI is InChI=1S/C20H23FN2O/c1-4-24-12-20-10-9-15(19(20,2)3)14-11-17(22-23-18(14)20)13-7-5-6-8-16(13)21/h5-8,11,15H,4,9-10,12H2,1-3H3. The molecule has 126 valence electrons. The van der Waals surface area contributed by atoms with Gasteiger partial charge in [0.05, 0.1) is 18.0 Å². The average Bonchev–Trinajstić information content (AvgIpc) is 2.94. The lowest BCUT2D eigenvalue weighted by atomic mass is 9.69. The van der Waals surface area contributed by atoms with Crippen LogP contribution in [0.2, 0.25) is 0 Å². The summed E-state index contributed by atoms with van der Waals surface area (Å²) in [6.45, 7) is 8.05. The highest BCUT2D eigenvalue weighted by atomic mass is 19.1. The van der Waals surface area contributed by atoms with Crippen LogP contribution >= 0.6 is 0 Å². The smallest absolute Gasteiger partial charge is 0.132 e. The molecule has 2 atom stereocenters. The van der Waals surface area contributed by atoms with Crippen molar-refractivity contribution in [2.45, 2.75) is 44.9 Å². The van der Waals surface area contributed by atoms with Crippen molar-refractivity contribution in [1.29, 1.82) is 0 Å². The minimum Gasteiger partial charge on any atom is -0.381 e. The van der Waals surface area contributed by atoms with Crippen molar-refractivity contribution >= 4 is 0 Å². The molecule has 2 aliphatic carbocycles. The third-order valence-electron chi connectivity index (χ3n) is 6.32. The fourth-order valence-electron chi connectivity index (χ4n) is 4.82. The van der Waals surface area contributed by atoms with E-state index in [1.807, 2.05) is 13.0 Å². The molecule has 0 amide bonds. The number of hydrogen-bond donors (Lipinski definition) is 0. The fourth-order valence-corrected chi connectivity index (χ4v) is 4.82. The Labute approximate surface area is 142 Å². The van der Waals surface area contributed by atoms with E-state index in [-0.39, 0.29) is 16.6 Å². The summed E-state index contributed by atoms with van der Waals surface area (Å²) in [7, 11) is 0. The van der Waals surface area contributed by atoms with Crippen LogP contribution < -0.4 is 0 Å². The molecule has 1 saturated carbocycles. The van der Waals surface area contributed by atoms with Crippen LogP contribution in [0.3, 0.4) is 0 Å². The fraction of sp³-hybridized carbons (Fsp3) is 0.500. The molecule has 0 radical (unpaired) electrons. The Morgan fingerprint density at radius 2 is 2.04 bits per heavy atom. The van der Waals surface area contributed by atoms with Gasteiger partial charge in [0, 0.05) is 17.6 Å². The normalized spacial score (nSPS) is 26.6. The van der Waals surface area contributed by atoms with Crippen LogP contribution in [0.4, 0.5) is 4.39 Å². The zero-order valence-corrected chi connectivity index (χ0v) is 14.5. The summed E-state index contributed by atoms with van der Waals surface area (Å²) in [6, 6.07) is 8.82.